The predicted octanol–water partition coefficient (Wildman–Crippen LogP) is 19.6. The molecule has 0 aliphatic heterocycles. The quantitative estimate of drug-likeness (QED) is 0.144. The lowest BCUT2D eigenvalue weighted by atomic mass is 9.68. The molecule has 1 nitrogen and oxygen atoms in total. The van der Waals surface area contributed by atoms with Crippen molar-refractivity contribution >= 4 is 49.4 Å². The van der Waals surface area contributed by atoms with Crippen molar-refractivity contribution in [2.45, 2.75) is 5.41 Å². The van der Waals surface area contributed by atoms with Gasteiger partial charge in [-0.25, -0.2) is 0 Å². The molecule has 74 heavy (non-hydrogen) atoms. The molecule has 1 unspecified atom stereocenters. The van der Waals surface area contributed by atoms with E-state index in [-0.39, 0.29) is 0 Å². The van der Waals surface area contributed by atoms with Crippen LogP contribution in [-0.2, 0) is 5.41 Å². The first kappa shape index (κ1) is 42.2. The Hall–Kier alpha value is -9.56. The van der Waals surface area contributed by atoms with Crippen LogP contribution in [0.4, 0.5) is 17.1 Å². The van der Waals surface area contributed by atoms with Crippen LogP contribution in [-0.4, -0.2) is 0 Å². The highest BCUT2D eigenvalue weighted by molar-refractivity contribution is 6.26. The van der Waals surface area contributed by atoms with Gasteiger partial charge in [-0.3, -0.25) is 0 Å². The molecule has 13 aromatic carbocycles. The average molecular weight is 938 g/mol. The van der Waals surface area contributed by atoms with E-state index in [0.717, 1.165) is 17.1 Å². The SMILES string of the molecule is c1ccc(-c2cc(-c3ccccc3)cc(-c3ccc4c(c3)C3(c5cc(-c6ccc(N(c7ccccc7)c7ccccc7)cc6)ccc5-4)c4ccccc4-c4c3c3c5ccccc5ccc3c3ccccc43)c2)cc1. The molecule has 1 spiro atoms. The number of nitrogens with zero attached hydrogens (tertiary/aromatic N) is 1. The number of rotatable bonds is 7. The van der Waals surface area contributed by atoms with Gasteiger partial charge in [0.1, 0.15) is 0 Å². The summed E-state index contributed by atoms with van der Waals surface area (Å²) in [4.78, 5) is 2.33. The van der Waals surface area contributed by atoms with E-state index in [9.17, 15) is 0 Å². The third-order valence-corrected chi connectivity index (χ3v) is 16.0. The first-order valence-electron chi connectivity index (χ1n) is 25.7. The first-order valence-corrected chi connectivity index (χ1v) is 25.7. The van der Waals surface area contributed by atoms with Crippen molar-refractivity contribution in [2.24, 2.45) is 0 Å². The lowest BCUT2D eigenvalue weighted by molar-refractivity contribution is 0.803. The molecule has 0 saturated heterocycles. The predicted molar refractivity (Wildman–Crippen MR) is 312 cm³/mol. The van der Waals surface area contributed by atoms with Crippen LogP contribution in [0.1, 0.15) is 22.3 Å². The van der Waals surface area contributed by atoms with Crippen molar-refractivity contribution in [3.63, 3.8) is 0 Å². The van der Waals surface area contributed by atoms with Crippen LogP contribution in [0, 0.1) is 0 Å². The Bertz CT molecular complexity index is 4230. The molecule has 0 aromatic heterocycles. The van der Waals surface area contributed by atoms with E-state index < -0.39 is 5.41 Å². The van der Waals surface area contributed by atoms with E-state index >= 15 is 0 Å². The van der Waals surface area contributed by atoms with Crippen LogP contribution in [0.15, 0.2) is 285 Å². The van der Waals surface area contributed by atoms with Crippen LogP contribution < -0.4 is 4.90 Å². The molecular weight excluding hydrogens is 891 g/mol. The summed E-state index contributed by atoms with van der Waals surface area (Å²) < 4.78 is 0. The summed E-state index contributed by atoms with van der Waals surface area (Å²) in [5, 5.41) is 7.71. The highest BCUT2D eigenvalue weighted by Crippen LogP contribution is 2.66. The second-order valence-electron chi connectivity index (χ2n) is 19.9. The number of para-hydroxylation sites is 2. The smallest absolute Gasteiger partial charge is 0.0732 e. The molecule has 0 heterocycles. The third-order valence-electron chi connectivity index (χ3n) is 16.0. The van der Waals surface area contributed by atoms with Crippen molar-refractivity contribution in [1.82, 2.24) is 0 Å². The van der Waals surface area contributed by atoms with Gasteiger partial charge in [-0.05, 0) is 188 Å². The van der Waals surface area contributed by atoms with E-state index in [0.29, 0.717) is 0 Å². The van der Waals surface area contributed by atoms with Crippen molar-refractivity contribution in [3.8, 4) is 66.8 Å². The summed E-state index contributed by atoms with van der Waals surface area (Å²) in [5.74, 6) is 0. The fourth-order valence-corrected chi connectivity index (χ4v) is 12.8. The minimum absolute atomic E-state index is 0.661. The van der Waals surface area contributed by atoms with Crippen LogP contribution >= 0.6 is 0 Å². The second kappa shape index (κ2) is 16.8. The normalized spacial score (nSPS) is 14.0. The number of hydrogen-bond acceptors (Lipinski definition) is 1. The van der Waals surface area contributed by atoms with Crippen LogP contribution in [0.5, 0.6) is 0 Å². The molecule has 0 radical (unpaired) electrons. The molecule has 2 aliphatic rings. The molecule has 13 aromatic rings. The van der Waals surface area contributed by atoms with Crippen molar-refractivity contribution in [1.29, 1.82) is 0 Å². The molecule has 15 rings (SSSR count). The average Bonchev–Trinajstić information content (AvgIpc) is 3.97. The van der Waals surface area contributed by atoms with Gasteiger partial charge in [-0.15, -0.1) is 0 Å². The maximum Gasteiger partial charge on any atom is 0.0732 e. The first-order chi connectivity index (χ1) is 36.7. The van der Waals surface area contributed by atoms with Crippen LogP contribution in [0.25, 0.3) is 99.1 Å². The van der Waals surface area contributed by atoms with E-state index in [1.54, 1.807) is 0 Å². The summed E-state index contributed by atoms with van der Waals surface area (Å²) in [6, 6.07) is 106. The fraction of sp³-hybridized carbons (Fsp3) is 0.0137. The highest BCUT2D eigenvalue weighted by atomic mass is 15.1. The minimum atomic E-state index is -0.661. The van der Waals surface area contributed by atoms with Crippen LogP contribution in [0.2, 0.25) is 0 Å². The van der Waals surface area contributed by atoms with Crippen molar-refractivity contribution in [3.05, 3.63) is 307 Å². The summed E-state index contributed by atoms with van der Waals surface area (Å²) in [7, 11) is 0. The Kier molecular flexibility index (Phi) is 9.55. The third kappa shape index (κ3) is 6.36. The Morgan fingerprint density at radius 2 is 0.689 bits per heavy atom. The topological polar surface area (TPSA) is 3.24 Å². The van der Waals surface area contributed by atoms with E-state index in [1.807, 2.05) is 0 Å². The summed E-state index contributed by atoms with van der Waals surface area (Å²) in [5.41, 5.74) is 22.8. The fourth-order valence-electron chi connectivity index (χ4n) is 12.8. The largest absolute Gasteiger partial charge is 0.311 e. The Labute approximate surface area is 431 Å². The monoisotopic (exact) mass is 937 g/mol. The summed E-state index contributed by atoms with van der Waals surface area (Å²) in [6.45, 7) is 0. The molecule has 0 saturated carbocycles. The van der Waals surface area contributed by atoms with Gasteiger partial charge < -0.3 is 4.90 Å². The Morgan fingerprint density at radius 3 is 1.30 bits per heavy atom. The second-order valence-corrected chi connectivity index (χ2v) is 19.9. The molecule has 1 atom stereocenters. The molecule has 1 heteroatoms. The molecule has 0 bridgehead atoms. The summed E-state index contributed by atoms with van der Waals surface area (Å²) in [6.07, 6.45) is 0. The van der Waals surface area contributed by atoms with Gasteiger partial charge in [-0.2, -0.15) is 0 Å². The highest BCUT2D eigenvalue weighted by Gasteiger charge is 2.53. The molecule has 0 N–H and O–H groups in total. The Morgan fingerprint density at radius 1 is 0.243 bits per heavy atom. The van der Waals surface area contributed by atoms with E-state index in [1.165, 1.54) is 121 Å². The van der Waals surface area contributed by atoms with Crippen molar-refractivity contribution in [2.75, 3.05) is 4.90 Å². The van der Waals surface area contributed by atoms with Gasteiger partial charge in [0.25, 0.3) is 0 Å². The van der Waals surface area contributed by atoms with Gasteiger partial charge in [0, 0.05) is 17.1 Å². The van der Waals surface area contributed by atoms with Crippen molar-refractivity contribution < 1.29 is 0 Å². The maximum absolute atomic E-state index is 2.56. The van der Waals surface area contributed by atoms with Crippen LogP contribution in [0.3, 0.4) is 0 Å². The molecule has 0 amide bonds. The van der Waals surface area contributed by atoms with Gasteiger partial charge in [0.2, 0.25) is 0 Å². The van der Waals surface area contributed by atoms with E-state index in [4.69, 9.17) is 0 Å². The molecule has 0 fully saturated rings. The summed E-state index contributed by atoms with van der Waals surface area (Å²) >= 11 is 0. The Balaban J connectivity index is 1.01. The number of hydrogen-bond donors (Lipinski definition) is 0. The zero-order chi connectivity index (χ0) is 48.7. The zero-order valence-corrected chi connectivity index (χ0v) is 40.6. The lowest BCUT2D eigenvalue weighted by Crippen LogP contribution is -2.26. The zero-order valence-electron chi connectivity index (χ0n) is 40.6. The van der Waals surface area contributed by atoms with Gasteiger partial charge in [0.05, 0.1) is 5.41 Å². The van der Waals surface area contributed by atoms with Gasteiger partial charge in [0.15, 0.2) is 0 Å². The molecule has 344 valence electrons. The molecular formula is C73H47N. The number of fused-ring (bicyclic) bond motifs is 17. The van der Waals surface area contributed by atoms with E-state index in [2.05, 4.69) is 290 Å². The standard InChI is InChI=1S/C73H47N/c1-5-19-48(20-6-1)54-43-55(49-21-7-2-8-22-49)45-56(44-54)53-37-41-63-62-40-36-52(50-33-38-59(39-34-50)74(57-24-9-3-10-25-57)58-26-11-4-12-27-58)46-68(62)73(69(63)47-53)67-32-18-17-31-66(67)71-64-30-16-15-29-61(64)65-42-35-51-23-13-14-28-60(51)70(65)72(71)73/h1-47H. The number of anilines is 3. The lowest BCUT2D eigenvalue weighted by Gasteiger charge is -2.33. The molecule has 2 aliphatic carbocycles. The van der Waals surface area contributed by atoms with Gasteiger partial charge >= 0.3 is 0 Å². The number of benzene rings is 13. The van der Waals surface area contributed by atoms with Gasteiger partial charge in [-0.1, -0.05) is 218 Å². The maximum atomic E-state index is 2.56. The minimum Gasteiger partial charge on any atom is -0.311 e.